The zero-order valence-corrected chi connectivity index (χ0v) is 12.8. The second-order valence-corrected chi connectivity index (χ2v) is 5.54. The van der Waals surface area contributed by atoms with E-state index in [1.165, 1.54) is 12.8 Å². The van der Waals surface area contributed by atoms with Gasteiger partial charge in [-0.3, -0.25) is 0 Å². The van der Waals surface area contributed by atoms with E-state index in [0.29, 0.717) is 12.6 Å². The third kappa shape index (κ3) is 2.62. The van der Waals surface area contributed by atoms with Crippen molar-refractivity contribution in [2.24, 2.45) is 0 Å². The number of hydrogen-bond donors (Lipinski definition) is 1. The van der Waals surface area contributed by atoms with Crippen molar-refractivity contribution >= 4 is 5.82 Å². The molecule has 0 radical (unpaired) electrons. The van der Waals surface area contributed by atoms with Gasteiger partial charge in [0.1, 0.15) is 23.1 Å². The van der Waals surface area contributed by atoms with Crippen molar-refractivity contribution < 1.29 is 4.74 Å². The molecule has 3 rings (SSSR count). The van der Waals surface area contributed by atoms with Crippen molar-refractivity contribution in [3.8, 4) is 17.0 Å². The molecular weight excluding hydrogens is 262 g/mol. The highest BCUT2D eigenvalue weighted by Gasteiger charge is 2.30. The number of aryl methyl sites for hydroxylation is 1. The second-order valence-electron chi connectivity index (χ2n) is 5.54. The van der Waals surface area contributed by atoms with E-state index in [0.717, 1.165) is 41.5 Å². The summed E-state index contributed by atoms with van der Waals surface area (Å²) in [5.74, 6) is 2.75. The van der Waals surface area contributed by atoms with E-state index in [9.17, 15) is 0 Å². The number of rotatable bonds is 6. The normalized spacial score (nSPS) is 14.4. The van der Waals surface area contributed by atoms with Crippen LogP contribution in [-0.2, 0) is 6.42 Å². The molecule has 112 valence electrons. The first-order valence-corrected chi connectivity index (χ1v) is 7.85. The van der Waals surface area contributed by atoms with E-state index in [1.54, 1.807) is 0 Å². The molecular formula is C17H23N3O. The molecule has 0 atom stereocenters. The van der Waals surface area contributed by atoms with Gasteiger partial charge in [-0.25, -0.2) is 4.98 Å². The zero-order valence-electron chi connectivity index (χ0n) is 12.8. The van der Waals surface area contributed by atoms with Gasteiger partial charge in [0.15, 0.2) is 0 Å². The summed E-state index contributed by atoms with van der Waals surface area (Å²) in [5, 5.41) is 0. The van der Waals surface area contributed by atoms with Crippen LogP contribution in [0.5, 0.6) is 5.75 Å². The minimum absolute atomic E-state index is 0.548. The molecule has 0 amide bonds. The maximum Gasteiger partial charge on any atom is 0.132 e. The molecule has 0 aliphatic heterocycles. The molecule has 0 saturated heterocycles. The highest BCUT2D eigenvalue weighted by molar-refractivity contribution is 5.76. The fourth-order valence-electron chi connectivity index (χ4n) is 2.78. The SMILES string of the molecule is CCCc1nc(-c2ccccc2OCC)c(N)n1C1CC1. The summed E-state index contributed by atoms with van der Waals surface area (Å²) in [6.45, 7) is 4.81. The molecule has 1 aromatic carbocycles. The van der Waals surface area contributed by atoms with E-state index >= 15 is 0 Å². The van der Waals surface area contributed by atoms with E-state index in [-0.39, 0.29) is 0 Å². The van der Waals surface area contributed by atoms with Crippen molar-refractivity contribution in [3.05, 3.63) is 30.1 Å². The Kier molecular flexibility index (Phi) is 3.86. The van der Waals surface area contributed by atoms with Crippen LogP contribution in [0.3, 0.4) is 0 Å². The fourth-order valence-corrected chi connectivity index (χ4v) is 2.78. The van der Waals surface area contributed by atoms with Gasteiger partial charge in [-0.1, -0.05) is 19.1 Å². The average molecular weight is 285 g/mol. The van der Waals surface area contributed by atoms with Gasteiger partial charge in [-0.05, 0) is 38.3 Å². The predicted molar refractivity (Wildman–Crippen MR) is 85.5 cm³/mol. The lowest BCUT2D eigenvalue weighted by Crippen LogP contribution is -2.05. The minimum Gasteiger partial charge on any atom is -0.493 e. The minimum atomic E-state index is 0.548. The van der Waals surface area contributed by atoms with Crippen LogP contribution in [0.15, 0.2) is 24.3 Å². The Morgan fingerprint density at radius 1 is 1.29 bits per heavy atom. The molecule has 1 aliphatic rings. The first-order chi connectivity index (χ1) is 10.3. The van der Waals surface area contributed by atoms with Crippen LogP contribution in [0, 0.1) is 0 Å². The molecule has 1 fully saturated rings. The number of nitrogen functional groups attached to an aromatic ring is 1. The molecule has 1 saturated carbocycles. The van der Waals surface area contributed by atoms with Crippen LogP contribution in [0.25, 0.3) is 11.3 Å². The van der Waals surface area contributed by atoms with Gasteiger partial charge >= 0.3 is 0 Å². The van der Waals surface area contributed by atoms with Gasteiger partial charge in [0.25, 0.3) is 0 Å². The van der Waals surface area contributed by atoms with Gasteiger partial charge in [-0.2, -0.15) is 0 Å². The summed E-state index contributed by atoms with van der Waals surface area (Å²) in [7, 11) is 0. The fraction of sp³-hybridized carbons (Fsp3) is 0.471. The van der Waals surface area contributed by atoms with Crippen molar-refractivity contribution in [1.29, 1.82) is 0 Å². The number of ether oxygens (including phenoxy) is 1. The maximum atomic E-state index is 6.42. The summed E-state index contributed by atoms with van der Waals surface area (Å²) >= 11 is 0. The summed E-state index contributed by atoms with van der Waals surface area (Å²) in [6.07, 6.45) is 4.47. The van der Waals surface area contributed by atoms with Crippen molar-refractivity contribution in [3.63, 3.8) is 0 Å². The number of nitrogens with zero attached hydrogens (tertiary/aromatic N) is 2. The number of nitrogens with two attached hydrogens (primary N) is 1. The predicted octanol–water partition coefficient (Wildman–Crippen LogP) is 3.82. The zero-order chi connectivity index (χ0) is 14.8. The van der Waals surface area contributed by atoms with Crippen LogP contribution in [0.4, 0.5) is 5.82 Å². The number of benzene rings is 1. The number of para-hydroxylation sites is 1. The molecule has 0 spiro atoms. The third-order valence-corrected chi connectivity index (χ3v) is 3.85. The Bertz CT molecular complexity index is 629. The van der Waals surface area contributed by atoms with Crippen molar-refractivity contribution in [2.45, 2.75) is 45.6 Å². The summed E-state index contributed by atoms with van der Waals surface area (Å²) in [4.78, 5) is 4.83. The molecule has 1 aromatic heterocycles. The monoisotopic (exact) mass is 285 g/mol. The standard InChI is InChI=1S/C17H23N3O/c1-3-7-15-19-16(17(18)20(15)12-10-11-12)13-8-5-6-9-14(13)21-4-2/h5-6,8-9,12H,3-4,7,10-11,18H2,1-2H3. The highest BCUT2D eigenvalue weighted by Crippen LogP contribution is 2.42. The molecule has 4 nitrogen and oxygen atoms in total. The van der Waals surface area contributed by atoms with E-state index in [2.05, 4.69) is 11.5 Å². The Labute approximate surface area is 125 Å². The van der Waals surface area contributed by atoms with Crippen LogP contribution in [-0.4, -0.2) is 16.2 Å². The summed E-state index contributed by atoms with van der Waals surface area (Å²) < 4.78 is 7.96. The number of hydrogen-bond acceptors (Lipinski definition) is 3. The summed E-state index contributed by atoms with van der Waals surface area (Å²) in [5.41, 5.74) is 8.28. The first-order valence-electron chi connectivity index (χ1n) is 7.85. The second kappa shape index (κ2) is 5.80. The van der Waals surface area contributed by atoms with Gasteiger partial charge in [0.2, 0.25) is 0 Å². The van der Waals surface area contributed by atoms with Crippen LogP contribution >= 0.6 is 0 Å². The summed E-state index contributed by atoms with van der Waals surface area (Å²) in [6, 6.07) is 8.56. The topological polar surface area (TPSA) is 53.1 Å². The van der Waals surface area contributed by atoms with E-state index in [4.69, 9.17) is 15.5 Å². The van der Waals surface area contributed by atoms with Crippen LogP contribution < -0.4 is 10.5 Å². The molecule has 1 aliphatic carbocycles. The number of imidazole rings is 1. The lowest BCUT2D eigenvalue weighted by molar-refractivity contribution is 0.341. The molecule has 2 aromatic rings. The number of anilines is 1. The van der Waals surface area contributed by atoms with Gasteiger partial charge in [-0.15, -0.1) is 0 Å². The molecule has 1 heterocycles. The van der Waals surface area contributed by atoms with Gasteiger partial charge in [0.05, 0.1) is 6.61 Å². The Balaban J connectivity index is 2.08. The first kappa shape index (κ1) is 14.0. The van der Waals surface area contributed by atoms with Crippen molar-refractivity contribution in [2.75, 3.05) is 12.3 Å². The molecule has 0 bridgehead atoms. The molecule has 21 heavy (non-hydrogen) atoms. The largest absolute Gasteiger partial charge is 0.493 e. The van der Waals surface area contributed by atoms with Crippen LogP contribution in [0.2, 0.25) is 0 Å². The van der Waals surface area contributed by atoms with Crippen LogP contribution in [0.1, 0.15) is 45.0 Å². The van der Waals surface area contributed by atoms with Gasteiger partial charge < -0.3 is 15.0 Å². The molecule has 0 unspecified atom stereocenters. The lowest BCUT2D eigenvalue weighted by atomic mass is 10.1. The number of aromatic nitrogens is 2. The Morgan fingerprint density at radius 2 is 2.05 bits per heavy atom. The Morgan fingerprint density at radius 3 is 2.71 bits per heavy atom. The smallest absolute Gasteiger partial charge is 0.132 e. The highest BCUT2D eigenvalue weighted by atomic mass is 16.5. The maximum absolute atomic E-state index is 6.42. The van der Waals surface area contributed by atoms with E-state index in [1.807, 2.05) is 31.2 Å². The quantitative estimate of drug-likeness (QED) is 0.878. The lowest BCUT2D eigenvalue weighted by Gasteiger charge is -2.09. The molecule has 4 heteroatoms. The molecule has 2 N–H and O–H groups in total. The Hall–Kier alpha value is -1.97. The van der Waals surface area contributed by atoms with E-state index < -0.39 is 0 Å². The van der Waals surface area contributed by atoms with Crippen molar-refractivity contribution in [1.82, 2.24) is 9.55 Å². The van der Waals surface area contributed by atoms with Gasteiger partial charge in [0, 0.05) is 18.0 Å². The third-order valence-electron chi connectivity index (χ3n) is 3.85. The average Bonchev–Trinajstić information content (AvgIpc) is 3.26.